The van der Waals surface area contributed by atoms with Crippen LogP contribution in [0.5, 0.6) is 0 Å². The lowest BCUT2D eigenvalue weighted by Gasteiger charge is -2.32. The lowest BCUT2D eigenvalue weighted by atomic mass is 9.97. The molecule has 1 aliphatic heterocycles. The first kappa shape index (κ1) is 12.4. The minimum absolute atomic E-state index is 0.0468. The van der Waals surface area contributed by atoms with Gasteiger partial charge < -0.3 is 10.6 Å². The molecule has 1 atom stereocenters. The molecule has 4 nitrogen and oxygen atoms in total. The summed E-state index contributed by atoms with van der Waals surface area (Å²) < 4.78 is 1.00. The van der Waals surface area contributed by atoms with Gasteiger partial charge in [0.15, 0.2) is 0 Å². The maximum absolute atomic E-state index is 11.2. The van der Waals surface area contributed by atoms with E-state index in [9.17, 15) is 4.79 Å². The highest BCUT2D eigenvalue weighted by Crippen LogP contribution is 2.24. The topological polar surface area (TPSA) is 59.2 Å². The van der Waals surface area contributed by atoms with Gasteiger partial charge in [0.25, 0.3) is 0 Å². The van der Waals surface area contributed by atoms with Crippen molar-refractivity contribution in [2.75, 3.05) is 18.0 Å². The first-order valence-corrected chi connectivity index (χ1v) is 6.54. The second-order valence-corrected chi connectivity index (χ2v) is 5.28. The van der Waals surface area contributed by atoms with E-state index in [2.05, 4.69) is 25.8 Å². The van der Waals surface area contributed by atoms with Crippen molar-refractivity contribution >= 4 is 27.7 Å². The number of halogens is 1. The number of hydrogen-bond acceptors (Lipinski definition) is 3. The molecule has 5 heteroatoms. The standard InChI is InChI=1S/C12H16BrN3O/c1-8-10(13)4-5-11(15-8)16-6-2-3-9(7-16)12(14)17/h4-5,9H,2-3,6-7H2,1H3,(H2,14,17). The van der Waals surface area contributed by atoms with Crippen molar-refractivity contribution in [3.8, 4) is 0 Å². The first-order valence-electron chi connectivity index (χ1n) is 5.75. The van der Waals surface area contributed by atoms with Crippen LogP contribution in [0.25, 0.3) is 0 Å². The molecule has 1 fully saturated rings. The lowest BCUT2D eigenvalue weighted by molar-refractivity contribution is -0.122. The Balaban J connectivity index is 2.16. The normalized spacial score (nSPS) is 20.4. The highest BCUT2D eigenvalue weighted by atomic mass is 79.9. The van der Waals surface area contributed by atoms with Crippen LogP contribution in [0.1, 0.15) is 18.5 Å². The highest BCUT2D eigenvalue weighted by Gasteiger charge is 2.24. The second kappa shape index (κ2) is 5.04. The van der Waals surface area contributed by atoms with Crippen LogP contribution in [-0.2, 0) is 4.79 Å². The van der Waals surface area contributed by atoms with E-state index in [0.717, 1.165) is 35.4 Å². The van der Waals surface area contributed by atoms with Crippen LogP contribution in [0, 0.1) is 12.8 Å². The number of rotatable bonds is 2. The fourth-order valence-electron chi connectivity index (χ4n) is 2.12. The molecule has 2 rings (SSSR count). The largest absolute Gasteiger partial charge is 0.369 e. The zero-order valence-electron chi connectivity index (χ0n) is 9.82. The fourth-order valence-corrected chi connectivity index (χ4v) is 2.35. The van der Waals surface area contributed by atoms with E-state index < -0.39 is 0 Å². The molecule has 0 aromatic carbocycles. The molecule has 17 heavy (non-hydrogen) atoms. The van der Waals surface area contributed by atoms with E-state index in [1.807, 2.05) is 19.1 Å². The van der Waals surface area contributed by atoms with Gasteiger partial charge >= 0.3 is 0 Å². The van der Waals surface area contributed by atoms with E-state index in [4.69, 9.17) is 5.73 Å². The zero-order chi connectivity index (χ0) is 12.4. The molecular formula is C12H16BrN3O. The first-order chi connectivity index (χ1) is 8.08. The maximum atomic E-state index is 11.2. The van der Waals surface area contributed by atoms with Gasteiger partial charge in [0.2, 0.25) is 5.91 Å². The number of nitrogens with two attached hydrogens (primary N) is 1. The maximum Gasteiger partial charge on any atom is 0.222 e. The number of carbonyl (C=O) groups excluding carboxylic acids is 1. The summed E-state index contributed by atoms with van der Waals surface area (Å²) in [5.41, 5.74) is 6.33. The predicted octanol–water partition coefficient (Wildman–Crippen LogP) is 1.85. The lowest BCUT2D eigenvalue weighted by Crippen LogP contribution is -2.41. The molecule has 0 spiro atoms. The van der Waals surface area contributed by atoms with Gasteiger partial charge in [-0.05, 0) is 47.8 Å². The highest BCUT2D eigenvalue weighted by molar-refractivity contribution is 9.10. The Labute approximate surface area is 109 Å². The molecule has 1 aromatic rings. The molecule has 1 aromatic heterocycles. The van der Waals surface area contributed by atoms with Crippen LogP contribution in [-0.4, -0.2) is 24.0 Å². The van der Waals surface area contributed by atoms with Crippen molar-refractivity contribution in [1.29, 1.82) is 0 Å². The molecule has 92 valence electrons. The number of primary amides is 1. The number of piperidine rings is 1. The molecule has 1 unspecified atom stereocenters. The van der Waals surface area contributed by atoms with Crippen LogP contribution in [0.2, 0.25) is 0 Å². The van der Waals surface area contributed by atoms with E-state index in [-0.39, 0.29) is 11.8 Å². The second-order valence-electron chi connectivity index (χ2n) is 4.42. The van der Waals surface area contributed by atoms with Crippen LogP contribution in [0.3, 0.4) is 0 Å². The molecular weight excluding hydrogens is 282 g/mol. The summed E-state index contributed by atoms with van der Waals surface area (Å²) in [6.07, 6.45) is 1.88. The van der Waals surface area contributed by atoms with E-state index in [1.165, 1.54) is 0 Å². The SMILES string of the molecule is Cc1nc(N2CCCC(C(N)=O)C2)ccc1Br. The third-order valence-corrected chi connectivity index (χ3v) is 3.99. The van der Waals surface area contributed by atoms with Gasteiger partial charge in [0.1, 0.15) is 5.82 Å². The number of pyridine rings is 1. The van der Waals surface area contributed by atoms with Crippen LogP contribution in [0.4, 0.5) is 5.82 Å². The van der Waals surface area contributed by atoms with E-state index in [0.29, 0.717) is 6.54 Å². The summed E-state index contributed by atoms with van der Waals surface area (Å²) in [7, 11) is 0. The van der Waals surface area contributed by atoms with Gasteiger partial charge in [0.05, 0.1) is 11.6 Å². The Kier molecular flexibility index (Phi) is 3.66. The number of carbonyl (C=O) groups is 1. The minimum Gasteiger partial charge on any atom is -0.369 e. The smallest absolute Gasteiger partial charge is 0.222 e. The molecule has 0 bridgehead atoms. The van der Waals surface area contributed by atoms with Crippen molar-refractivity contribution in [2.24, 2.45) is 11.7 Å². The third-order valence-electron chi connectivity index (χ3n) is 3.15. The Hall–Kier alpha value is -1.10. The van der Waals surface area contributed by atoms with Gasteiger partial charge in [-0.3, -0.25) is 4.79 Å². The van der Waals surface area contributed by atoms with Gasteiger partial charge in [-0.2, -0.15) is 0 Å². The van der Waals surface area contributed by atoms with Crippen LogP contribution in [0.15, 0.2) is 16.6 Å². The monoisotopic (exact) mass is 297 g/mol. The van der Waals surface area contributed by atoms with Gasteiger partial charge in [-0.25, -0.2) is 4.98 Å². The number of amides is 1. The number of hydrogen-bond donors (Lipinski definition) is 1. The number of nitrogens with zero attached hydrogens (tertiary/aromatic N) is 2. The summed E-state index contributed by atoms with van der Waals surface area (Å²) in [5.74, 6) is 0.676. The predicted molar refractivity (Wildman–Crippen MR) is 70.8 cm³/mol. The fraction of sp³-hybridized carbons (Fsp3) is 0.500. The Bertz CT molecular complexity index is 436. The summed E-state index contributed by atoms with van der Waals surface area (Å²) in [5, 5.41) is 0. The van der Waals surface area contributed by atoms with Crippen molar-refractivity contribution in [1.82, 2.24) is 4.98 Å². The third kappa shape index (κ3) is 2.77. The summed E-state index contributed by atoms with van der Waals surface area (Å²) in [4.78, 5) is 17.9. The van der Waals surface area contributed by atoms with Gasteiger partial charge in [-0.15, -0.1) is 0 Å². The molecule has 1 aliphatic rings. The summed E-state index contributed by atoms with van der Waals surface area (Å²) >= 11 is 3.43. The molecule has 0 saturated carbocycles. The van der Waals surface area contributed by atoms with Crippen molar-refractivity contribution in [2.45, 2.75) is 19.8 Å². The Morgan fingerprint density at radius 2 is 2.35 bits per heavy atom. The van der Waals surface area contributed by atoms with E-state index >= 15 is 0 Å². The molecule has 1 saturated heterocycles. The Morgan fingerprint density at radius 3 is 3.00 bits per heavy atom. The van der Waals surface area contributed by atoms with Crippen molar-refractivity contribution in [3.05, 3.63) is 22.3 Å². The average molecular weight is 298 g/mol. The molecule has 0 radical (unpaired) electrons. The minimum atomic E-state index is -0.205. The summed E-state index contributed by atoms with van der Waals surface area (Å²) in [6.45, 7) is 3.59. The zero-order valence-corrected chi connectivity index (χ0v) is 11.4. The number of aryl methyl sites for hydroxylation is 1. The number of anilines is 1. The quantitative estimate of drug-likeness (QED) is 0.906. The van der Waals surface area contributed by atoms with Crippen molar-refractivity contribution in [3.63, 3.8) is 0 Å². The molecule has 2 N–H and O–H groups in total. The molecule has 1 amide bonds. The van der Waals surface area contributed by atoms with Gasteiger partial charge in [-0.1, -0.05) is 0 Å². The number of aromatic nitrogens is 1. The van der Waals surface area contributed by atoms with Crippen LogP contribution >= 0.6 is 15.9 Å². The van der Waals surface area contributed by atoms with Gasteiger partial charge in [0, 0.05) is 17.6 Å². The molecule has 0 aliphatic carbocycles. The van der Waals surface area contributed by atoms with Crippen molar-refractivity contribution < 1.29 is 4.79 Å². The van der Waals surface area contributed by atoms with Crippen LogP contribution < -0.4 is 10.6 Å². The molecule has 2 heterocycles. The summed E-state index contributed by atoms with van der Waals surface area (Å²) in [6, 6.07) is 3.96. The average Bonchev–Trinajstić information content (AvgIpc) is 2.33. The van der Waals surface area contributed by atoms with E-state index in [1.54, 1.807) is 0 Å². The Morgan fingerprint density at radius 1 is 1.59 bits per heavy atom.